The second-order valence-corrected chi connectivity index (χ2v) is 3.65. The van der Waals surface area contributed by atoms with Gasteiger partial charge < -0.3 is 10.1 Å². The molecule has 70 valence electrons. The molecule has 1 aliphatic rings. The minimum atomic E-state index is -0.408. The maximum absolute atomic E-state index is 11.5. The van der Waals surface area contributed by atoms with Gasteiger partial charge in [-0.3, -0.25) is 4.79 Å². The lowest BCUT2D eigenvalue weighted by Crippen LogP contribution is -2.52. The number of ether oxygens (including phenoxy) is 1. The molecule has 1 rings (SSSR count). The number of carbonyl (C=O) groups excluding carboxylic acids is 1. The zero-order valence-electron chi connectivity index (χ0n) is 8.02. The minimum absolute atomic E-state index is 0.116. The quantitative estimate of drug-likeness (QED) is 0.628. The van der Waals surface area contributed by atoms with Gasteiger partial charge in [0.05, 0.1) is 7.11 Å². The summed E-state index contributed by atoms with van der Waals surface area (Å²) in [6, 6.07) is 0. The molecule has 0 amide bonds. The average Bonchev–Trinajstić information content (AvgIpc) is 2.52. The summed E-state index contributed by atoms with van der Waals surface area (Å²) in [4.78, 5) is 11.5. The molecule has 1 heterocycles. The molecule has 0 saturated carbocycles. The average molecular weight is 171 g/mol. The number of hydrogen-bond acceptors (Lipinski definition) is 3. The molecule has 3 heteroatoms. The van der Waals surface area contributed by atoms with E-state index in [0.29, 0.717) is 5.92 Å². The maximum atomic E-state index is 11.5. The van der Waals surface area contributed by atoms with E-state index < -0.39 is 5.54 Å². The van der Waals surface area contributed by atoms with E-state index >= 15 is 0 Å². The first-order chi connectivity index (χ1) is 5.63. The van der Waals surface area contributed by atoms with E-state index in [2.05, 4.69) is 19.2 Å². The third-order valence-corrected chi connectivity index (χ3v) is 2.72. The Balaban J connectivity index is 2.78. The zero-order chi connectivity index (χ0) is 9.19. The van der Waals surface area contributed by atoms with E-state index in [9.17, 15) is 4.79 Å². The summed E-state index contributed by atoms with van der Waals surface area (Å²) in [6.07, 6.45) is 1.96. The number of rotatable bonds is 2. The molecule has 1 atom stereocenters. The van der Waals surface area contributed by atoms with Crippen LogP contribution in [-0.2, 0) is 9.53 Å². The van der Waals surface area contributed by atoms with Crippen LogP contribution in [0.25, 0.3) is 0 Å². The van der Waals surface area contributed by atoms with Crippen molar-refractivity contribution in [3.63, 3.8) is 0 Å². The number of methoxy groups -OCH3 is 1. The van der Waals surface area contributed by atoms with Crippen molar-refractivity contribution in [2.24, 2.45) is 5.92 Å². The fourth-order valence-corrected chi connectivity index (χ4v) is 1.85. The Kier molecular flexibility index (Phi) is 2.73. The zero-order valence-corrected chi connectivity index (χ0v) is 8.02. The molecule has 1 fully saturated rings. The van der Waals surface area contributed by atoms with Crippen LogP contribution in [0, 0.1) is 5.92 Å². The largest absolute Gasteiger partial charge is 0.468 e. The van der Waals surface area contributed by atoms with Crippen LogP contribution < -0.4 is 5.32 Å². The van der Waals surface area contributed by atoms with Crippen LogP contribution in [0.4, 0.5) is 0 Å². The first-order valence-corrected chi connectivity index (χ1v) is 4.47. The first kappa shape index (κ1) is 9.52. The number of nitrogens with one attached hydrogen (secondary N) is 1. The van der Waals surface area contributed by atoms with Gasteiger partial charge in [-0.05, 0) is 25.3 Å². The lowest BCUT2D eigenvalue weighted by atomic mass is 9.85. The van der Waals surface area contributed by atoms with Crippen molar-refractivity contribution < 1.29 is 9.53 Å². The van der Waals surface area contributed by atoms with Gasteiger partial charge in [-0.25, -0.2) is 0 Å². The molecule has 0 aromatic rings. The highest BCUT2D eigenvalue weighted by Crippen LogP contribution is 2.28. The van der Waals surface area contributed by atoms with Crippen molar-refractivity contribution in [1.29, 1.82) is 0 Å². The highest BCUT2D eigenvalue weighted by atomic mass is 16.5. The van der Waals surface area contributed by atoms with Crippen LogP contribution in [0.3, 0.4) is 0 Å². The lowest BCUT2D eigenvalue weighted by molar-refractivity contribution is -0.150. The Labute approximate surface area is 73.5 Å². The molecule has 0 spiro atoms. The van der Waals surface area contributed by atoms with Crippen molar-refractivity contribution in [2.75, 3.05) is 13.7 Å². The topological polar surface area (TPSA) is 38.3 Å². The minimum Gasteiger partial charge on any atom is -0.468 e. The Hall–Kier alpha value is -0.570. The van der Waals surface area contributed by atoms with Crippen LogP contribution in [0.15, 0.2) is 0 Å². The van der Waals surface area contributed by atoms with Crippen LogP contribution in [0.5, 0.6) is 0 Å². The van der Waals surface area contributed by atoms with Crippen molar-refractivity contribution in [3.8, 4) is 0 Å². The van der Waals surface area contributed by atoms with Gasteiger partial charge in [0.25, 0.3) is 0 Å². The van der Waals surface area contributed by atoms with Crippen molar-refractivity contribution in [2.45, 2.75) is 32.2 Å². The van der Waals surface area contributed by atoms with Crippen LogP contribution in [-0.4, -0.2) is 25.2 Å². The monoisotopic (exact) mass is 171 g/mol. The van der Waals surface area contributed by atoms with Crippen LogP contribution in [0.2, 0.25) is 0 Å². The van der Waals surface area contributed by atoms with E-state index in [-0.39, 0.29) is 5.97 Å². The van der Waals surface area contributed by atoms with E-state index in [0.717, 1.165) is 19.4 Å². The fraction of sp³-hybridized carbons (Fsp3) is 0.889. The number of hydrogen-bond donors (Lipinski definition) is 1. The summed E-state index contributed by atoms with van der Waals surface area (Å²) in [5.74, 6) is 0.183. The van der Waals surface area contributed by atoms with Crippen molar-refractivity contribution in [1.82, 2.24) is 5.32 Å². The Bertz CT molecular complexity index is 171. The van der Waals surface area contributed by atoms with Gasteiger partial charge in [0, 0.05) is 0 Å². The second kappa shape index (κ2) is 3.44. The Morgan fingerprint density at radius 2 is 2.25 bits per heavy atom. The molecule has 0 radical (unpaired) electrons. The Morgan fingerprint density at radius 3 is 2.58 bits per heavy atom. The van der Waals surface area contributed by atoms with E-state index in [1.807, 2.05) is 0 Å². The summed E-state index contributed by atoms with van der Waals surface area (Å²) in [6.45, 7) is 5.03. The third-order valence-electron chi connectivity index (χ3n) is 2.72. The van der Waals surface area contributed by atoms with Crippen molar-refractivity contribution in [3.05, 3.63) is 0 Å². The molecule has 0 aromatic heterocycles. The van der Waals surface area contributed by atoms with E-state index in [1.165, 1.54) is 7.11 Å². The molecule has 1 aliphatic heterocycles. The van der Waals surface area contributed by atoms with Gasteiger partial charge in [-0.2, -0.15) is 0 Å². The summed E-state index contributed by atoms with van der Waals surface area (Å²) in [5, 5.41) is 3.25. The predicted octanol–water partition coefficient (Wildman–Crippen LogP) is 0.938. The van der Waals surface area contributed by atoms with Gasteiger partial charge in [0.2, 0.25) is 0 Å². The molecular formula is C9H17NO2. The summed E-state index contributed by atoms with van der Waals surface area (Å²) in [7, 11) is 1.45. The number of esters is 1. The molecule has 0 unspecified atom stereocenters. The predicted molar refractivity (Wildman–Crippen MR) is 46.8 cm³/mol. The van der Waals surface area contributed by atoms with Gasteiger partial charge in [-0.15, -0.1) is 0 Å². The SMILES string of the molecule is COC(=O)[C@@]1(C(C)C)CCCN1. The molecule has 0 aliphatic carbocycles. The molecule has 12 heavy (non-hydrogen) atoms. The number of carbonyl (C=O) groups is 1. The van der Waals surface area contributed by atoms with Gasteiger partial charge in [0.1, 0.15) is 5.54 Å². The molecule has 3 nitrogen and oxygen atoms in total. The maximum Gasteiger partial charge on any atom is 0.326 e. The Morgan fingerprint density at radius 1 is 1.58 bits per heavy atom. The highest BCUT2D eigenvalue weighted by molar-refractivity contribution is 5.81. The van der Waals surface area contributed by atoms with Crippen LogP contribution in [0.1, 0.15) is 26.7 Å². The smallest absolute Gasteiger partial charge is 0.326 e. The van der Waals surface area contributed by atoms with E-state index in [1.54, 1.807) is 0 Å². The second-order valence-electron chi connectivity index (χ2n) is 3.65. The summed E-state index contributed by atoms with van der Waals surface area (Å²) in [5.41, 5.74) is -0.408. The van der Waals surface area contributed by atoms with Gasteiger partial charge in [-0.1, -0.05) is 13.8 Å². The fourth-order valence-electron chi connectivity index (χ4n) is 1.85. The standard InChI is InChI=1S/C9H17NO2/c1-7(2)9(8(11)12-3)5-4-6-10-9/h7,10H,4-6H2,1-3H3/t9-/m0/s1. The lowest BCUT2D eigenvalue weighted by Gasteiger charge is -2.30. The van der Waals surface area contributed by atoms with Gasteiger partial charge >= 0.3 is 5.97 Å². The van der Waals surface area contributed by atoms with Crippen molar-refractivity contribution >= 4 is 5.97 Å². The molecule has 1 saturated heterocycles. The molecule has 0 aromatic carbocycles. The van der Waals surface area contributed by atoms with Crippen LogP contribution >= 0.6 is 0 Å². The highest BCUT2D eigenvalue weighted by Gasteiger charge is 2.44. The molecule has 0 bridgehead atoms. The normalized spacial score (nSPS) is 29.3. The van der Waals surface area contributed by atoms with Gasteiger partial charge in [0.15, 0.2) is 0 Å². The molecule has 1 N–H and O–H groups in total. The summed E-state index contributed by atoms with van der Waals surface area (Å²) >= 11 is 0. The van der Waals surface area contributed by atoms with E-state index in [4.69, 9.17) is 4.74 Å². The third kappa shape index (κ3) is 1.33. The summed E-state index contributed by atoms with van der Waals surface area (Å²) < 4.78 is 4.80. The molecular weight excluding hydrogens is 154 g/mol. The first-order valence-electron chi connectivity index (χ1n) is 4.47.